The van der Waals surface area contributed by atoms with Gasteiger partial charge in [-0.25, -0.2) is 4.79 Å². The van der Waals surface area contributed by atoms with Gasteiger partial charge in [-0.2, -0.15) is 0 Å². The van der Waals surface area contributed by atoms with E-state index in [1.165, 1.54) is 6.26 Å². The Bertz CT molecular complexity index is 680. The van der Waals surface area contributed by atoms with Crippen LogP contribution < -0.4 is 21.7 Å². The highest BCUT2D eigenvalue weighted by Crippen LogP contribution is 2.11. The summed E-state index contributed by atoms with van der Waals surface area (Å²) in [5.74, 6) is -0.462. The van der Waals surface area contributed by atoms with Crippen LogP contribution in [-0.2, 0) is 11.3 Å². The maximum Gasteiger partial charge on any atom is 0.312 e. The second-order valence-corrected chi connectivity index (χ2v) is 4.62. The summed E-state index contributed by atoms with van der Waals surface area (Å²) in [6.07, 6.45) is 1.42. The molecule has 0 radical (unpaired) electrons. The van der Waals surface area contributed by atoms with Crippen molar-refractivity contribution in [2.45, 2.75) is 6.54 Å². The number of nitrogens with two attached hydrogens (primary N) is 1. The molecular formula is C15H16N4O4. The molecule has 2 rings (SSSR count). The molecule has 5 N–H and O–H groups in total. The second-order valence-electron chi connectivity index (χ2n) is 4.62. The molecule has 0 bridgehead atoms. The lowest BCUT2D eigenvalue weighted by molar-refractivity contribution is -0.120. The standard InChI is InChI=1S/C15H16N4O4/c16-15(22)18-9-13(20)17-8-10-3-5-11(6-4-10)19-14(21)12-2-1-7-23-12/h1-7H,8-9H2,(H,17,20)(H,19,21)(H3,16,18,22). The second kappa shape index (κ2) is 7.64. The Labute approximate surface area is 132 Å². The first-order valence-electron chi connectivity index (χ1n) is 6.78. The first kappa shape index (κ1) is 16.1. The average Bonchev–Trinajstić information content (AvgIpc) is 3.07. The van der Waals surface area contributed by atoms with E-state index in [4.69, 9.17) is 10.2 Å². The number of hydrogen-bond donors (Lipinski definition) is 4. The molecule has 23 heavy (non-hydrogen) atoms. The van der Waals surface area contributed by atoms with Gasteiger partial charge in [-0.15, -0.1) is 0 Å². The van der Waals surface area contributed by atoms with Crippen molar-refractivity contribution in [3.05, 3.63) is 54.0 Å². The molecule has 0 saturated heterocycles. The molecule has 0 fully saturated rings. The smallest absolute Gasteiger partial charge is 0.312 e. The largest absolute Gasteiger partial charge is 0.459 e. The van der Waals surface area contributed by atoms with Gasteiger partial charge in [0.1, 0.15) is 0 Å². The van der Waals surface area contributed by atoms with E-state index in [1.807, 2.05) is 0 Å². The first-order valence-corrected chi connectivity index (χ1v) is 6.78. The van der Waals surface area contributed by atoms with Gasteiger partial charge in [0.05, 0.1) is 12.8 Å². The van der Waals surface area contributed by atoms with Gasteiger partial charge in [-0.1, -0.05) is 12.1 Å². The zero-order chi connectivity index (χ0) is 16.7. The Balaban J connectivity index is 1.81. The number of urea groups is 1. The Hall–Kier alpha value is -3.29. The zero-order valence-corrected chi connectivity index (χ0v) is 12.2. The lowest BCUT2D eigenvalue weighted by Crippen LogP contribution is -2.39. The average molecular weight is 316 g/mol. The van der Waals surface area contributed by atoms with Gasteiger partial charge in [0.25, 0.3) is 5.91 Å². The summed E-state index contributed by atoms with van der Waals surface area (Å²) in [6, 6.07) is 9.40. The van der Waals surface area contributed by atoms with Crippen molar-refractivity contribution >= 4 is 23.5 Å². The Morgan fingerprint density at radius 1 is 1.04 bits per heavy atom. The highest BCUT2D eigenvalue weighted by molar-refractivity contribution is 6.02. The molecule has 120 valence electrons. The van der Waals surface area contributed by atoms with Crippen molar-refractivity contribution in [2.24, 2.45) is 5.73 Å². The third-order valence-electron chi connectivity index (χ3n) is 2.87. The Morgan fingerprint density at radius 2 is 1.78 bits per heavy atom. The van der Waals surface area contributed by atoms with E-state index >= 15 is 0 Å². The maximum absolute atomic E-state index is 11.8. The SMILES string of the molecule is NC(=O)NCC(=O)NCc1ccc(NC(=O)c2ccco2)cc1. The van der Waals surface area contributed by atoms with Crippen LogP contribution in [0.15, 0.2) is 47.1 Å². The van der Waals surface area contributed by atoms with Gasteiger partial charge >= 0.3 is 6.03 Å². The van der Waals surface area contributed by atoms with Gasteiger partial charge in [0.15, 0.2) is 5.76 Å². The van der Waals surface area contributed by atoms with E-state index in [0.717, 1.165) is 5.56 Å². The summed E-state index contributed by atoms with van der Waals surface area (Å²) < 4.78 is 5.00. The summed E-state index contributed by atoms with van der Waals surface area (Å²) in [4.78, 5) is 33.7. The van der Waals surface area contributed by atoms with Crippen LogP contribution >= 0.6 is 0 Å². The summed E-state index contributed by atoms with van der Waals surface area (Å²) in [5.41, 5.74) is 6.32. The molecule has 1 aromatic heterocycles. The predicted octanol–water partition coefficient (Wildman–Crippen LogP) is 0.816. The van der Waals surface area contributed by atoms with Crippen molar-refractivity contribution in [1.82, 2.24) is 10.6 Å². The molecule has 0 unspecified atom stereocenters. The normalized spacial score (nSPS) is 9.91. The van der Waals surface area contributed by atoms with Crippen LogP contribution in [0.1, 0.15) is 16.1 Å². The van der Waals surface area contributed by atoms with Crippen molar-refractivity contribution in [3.63, 3.8) is 0 Å². The number of primary amides is 1. The minimum absolute atomic E-state index is 0.174. The molecule has 0 atom stereocenters. The zero-order valence-electron chi connectivity index (χ0n) is 12.2. The number of benzene rings is 1. The van der Waals surface area contributed by atoms with Crippen LogP contribution in [0.3, 0.4) is 0 Å². The number of amides is 4. The van der Waals surface area contributed by atoms with Crippen molar-refractivity contribution in [1.29, 1.82) is 0 Å². The number of nitrogens with one attached hydrogen (secondary N) is 3. The molecule has 0 aliphatic heterocycles. The first-order chi connectivity index (χ1) is 11.0. The molecule has 0 aliphatic carbocycles. The molecule has 8 heteroatoms. The monoisotopic (exact) mass is 316 g/mol. The third-order valence-corrected chi connectivity index (χ3v) is 2.87. The number of hydrogen-bond acceptors (Lipinski definition) is 4. The fourth-order valence-corrected chi connectivity index (χ4v) is 1.74. The number of carbonyl (C=O) groups excluding carboxylic acids is 3. The minimum Gasteiger partial charge on any atom is -0.459 e. The molecule has 0 spiro atoms. The van der Waals surface area contributed by atoms with Gasteiger partial charge in [0, 0.05) is 12.2 Å². The van der Waals surface area contributed by atoms with E-state index in [1.54, 1.807) is 36.4 Å². The van der Waals surface area contributed by atoms with Gasteiger partial charge in [-0.05, 0) is 29.8 Å². The van der Waals surface area contributed by atoms with E-state index in [-0.39, 0.29) is 24.1 Å². The predicted molar refractivity (Wildman–Crippen MR) is 82.5 cm³/mol. The van der Waals surface area contributed by atoms with Gasteiger partial charge < -0.3 is 26.1 Å². The van der Waals surface area contributed by atoms with Crippen LogP contribution in [0.5, 0.6) is 0 Å². The highest BCUT2D eigenvalue weighted by atomic mass is 16.3. The van der Waals surface area contributed by atoms with Crippen molar-refractivity contribution in [3.8, 4) is 0 Å². The Kier molecular flexibility index (Phi) is 5.35. The van der Waals surface area contributed by atoms with E-state index in [9.17, 15) is 14.4 Å². The number of anilines is 1. The number of furan rings is 1. The maximum atomic E-state index is 11.8. The molecule has 0 aliphatic rings. The number of carbonyl (C=O) groups is 3. The molecule has 1 heterocycles. The summed E-state index contributed by atoms with van der Waals surface area (Å²) in [5, 5.41) is 7.51. The summed E-state index contributed by atoms with van der Waals surface area (Å²) in [7, 11) is 0. The molecule has 2 aromatic rings. The molecule has 1 aromatic carbocycles. The lowest BCUT2D eigenvalue weighted by atomic mass is 10.2. The molecule has 4 amide bonds. The van der Waals surface area contributed by atoms with Gasteiger partial charge in [0.2, 0.25) is 5.91 Å². The Morgan fingerprint density at radius 3 is 2.39 bits per heavy atom. The molecular weight excluding hydrogens is 300 g/mol. The minimum atomic E-state index is -0.753. The molecule has 0 saturated carbocycles. The highest BCUT2D eigenvalue weighted by Gasteiger charge is 2.08. The third kappa shape index (κ3) is 5.20. The molecule has 8 nitrogen and oxygen atoms in total. The topological polar surface area (TPSA) is 126 Å². The van der Waals surface area contributed by atoms with Crippen molar-refractivity contribution < 1.29 is 18.8 Å². The van der Waals surface area contributed by atoms with E-state index < -0.39 is 6.03 Å². The van der Waals surface area contributed by atoms with Crippen LogP contribution in [0, 0.1) is 0 Å². The van der Waals surface area contributed by atoms with Crippen LogP contribution in [0.2, 0.25) is 0 Å². The van der Waals surface area contributed by atoms with Crippen LogP contribution in [-0.4, -0.2) is 24.4 Å². The van der Waals surface area contributed by atoms with Crippen LogP contribution in [0.4, 0.5) is 10.5 Å². The fourth-order valence-electron chi connectivity index (χ4n) is 1.74. The van der Waals surface area contributed by atoms with Crippen molar-refractivity contribution in [2.75, 3.05) is 11.9 Å². The quantitative estimate of drug-likeness (QED) is 0.629. The van der Waals surface area contributed by atoms with Crippen LogP contribution in [0.25, 0.3) is 0 Å². The fraction of sp³-hybridized carbons (Fsp3) is 0.133. The summed E-state index contributed by atoms with van der Waals surface area (Å²) >= 11 is 0. The van der Waals surface area contributed by atoms with E-state index in [2.05, 4.69) is 16.0 Å². The van der Waals surface area contributed by atoms with Gasteiger partial charge in [-0.3, -0.25) is 9.59 Å². The lowest BCUT2D eigenvalue weighted by Gasteiger charge is -2.07. The summed E-state index contributed by atoms with van der Waals surface area (Å²) in [6.45, 7) is 0.123. The number of rotatable bonds is 6. The van der Waals surface area contributed by atoms with E-state index in [0.29, 0.717) is 12.2 Å².